The van der Waals surface area contributed by atoms with E-state index >= 15 is 0 Å². The summed E-state index contributed by atoms with van der Waals surface area (Å²) in [4.78, 5) is 14.8. The Balaban J connectivity index is 1.68. The van der Waals surface area contributed by atoms with Crippen molar-refractivity contribution >= 4 is 28.9 Å². The predicted octanol–water partition coefficient (Wildman–Crippen LogP) is 4.42. The molecule has 1 N–H and O–H groups in total. The number of benzene rings is 2. The van der Waals surface area contributed by atoms with E-state index in [0.29, 0.717) is 0 Å². The highest BCUT2D eigenvalue weighted by atomic mass is 32.2. The van der Waals surface area contributed by atoms with E-state index in [1.807, 2.05) is 36.9 Å². The molecule has 1 amide bonds. The molecule has 1 fully saturated rings. The Hall–Kier alpha value is -2.11. The molecular formula is C21H23FN2OS. The average Bonchev–Trinajstić information content (AvgIpc) is 2.64. The molecule has 1 saturated heterocycles. The van der Waals surface area contributed by atoms with Gasteiger partial charge in [-0.25, -0.2) is 4.39 Å². The first-order valence-corrected chi connectivity index (χ1v) is 9.90. The van der Waals surface area contributed by atoms with Crippen LogP contribution in [0, 0.1) is 5.82 Å². The summed E-state index contributed by atoms with van der Waals surface area (Å²) in [5, 5.41) is 2.99. The van der Waals surface area contributed by atoms with Crippen LogP contribution in [-0.2, 0) is 11.3 Å². The van der Waals surface area contributed by atoms with Crippen LogP contribution >= 0.6 is 11.8 Å². The minimum Gasteiger partial charge on any atom is -0.322 e. The van der Waals surface area contributed by atoms with Crippen LogP contribution in [0.15, 0.2) is 54.6 Å². The Morgan fingerprint density at radius 2 is 1.85 bits per heavy atom. The van der Waals surface area contributed by atoms with Gasteiger partial charge in [-0.15, -0.1) is 0 Å². The number of thioether (sulfide) groups is 1. The van der Waals surface area contributed by atoms with Gasteiger partial charge in [0.1, 0.15) is 5.82 Å². The molecule has 2 aromatic rings. The molecule has 3 rings (SSSR count). The van der Waals surface area contributed by atoms with Crippen LogP contribution in [0.3, 0.4) is 0 Å². The van der Waals surface area contributed by atoms with Gasteiger partial charge in [-0.3, -0.25) is 9.69 Å². The van der Waals surface area contributed by atoms with Crippen LogP contribution in [0.5, 0.6) is 0 Å². The molecular weight excluding hydrogens is 347 g/mol. The SMILES string of the molecule is C/C(=C/C(=O)Nc1ccccc1CN1CCSCC1)c1ccc(F)cc1. The molecule has 3 nitrogen and oxygen atoms in total. The van der Waals surface area contributed by atoms with E-state index in [9.17, 15) is 9.18 Å². The minimum absolute atomic E-state index is 0.173. The zero-order valence-electron chi connectivity index (χ0n) is 14.9. The Morgan fingerprint density at radius 3 is 2.58 bits per heavy atom. The number of halogens is 1. The minimum atomic E-state index is -0.281. The van der Waals surface area contributed by atoms with E-state index in [4.69, 9.17) is 0 Å². The third-order valence-electron chi connectivity index (χ3n) is 4.42. The lowest BCUT2D eigenvalue weighted by atomic mass is 10.1. The summed E-state index contributed by atoms with van der Waals surface area (Å²) in [6.07, 6.45) is 1.56. The van der Waals surface area contributed by atoms with Crippen molar-refractivity contribution in [3.8, 4) is 0 Å². The molecule has 0 atom stereocenters. The second-order valence-corrected chi connectivity index (χ2v) is 7.59. The second-order valence-electron chi connectivity index (χ2n) is 6.37. The molecule has 0 unspecified atom stereocenters. The first-order chi connectivity index (χ1) is 12.6. The highest BCUT2D eigenvalue weighted by molar-refractivity contribution is 7.99. The molecule has 1 aliphatic heterocycles. The van der Waals surface area contributed by atoms with Crippen molar-refractivity contribution < 1.29 is 9.18 Å². The Labute approximate surface area is 158 Å². The predicted molar refractivity (Wildman–Crippen MR) is 108 cm³/mol. The number of hydrogen-bond acceptors (Lipinski definition) is 3. The fourth-order valence-corrected chi connectivity index (χ4v) is 3.92. The molecule has 0 saturated carbocycles. The summed E-state index contributed by atoms with van der Waals surface area (Å²) in [5.41, 5.74) is 3.60. The molecule has 5 heteroatoms. The second kappa shape index (κ2) is 9.01. The lowest BCUT2D eigenvalue weighted by Crippen LogP contribution is -2.32. The van der Waals surface area contributed by atoms with Gasteiger partial charge in [-0.1, -0.05) is 30.3 Å². The number of nitrogens with zero attached hydrogens (tertiary/aromatic N) is 1. The molecule has 0 aromatic heterocycles. The molecule has 2 aromatic carbocycles. The summed E-state index contributed by atoms with van der Waals surface area (Å²) >= 11 is 1.99. The number of rotatable bonds is 5. The number of amides is 1. The Bertz CT molecular complexity index is 783. The number of anilines is 1. The standard InChI is InChI=1S/C21H23FN2OS/c1-16(17-6-8-19(22)9-7-17)14-21(25)23-20-5-3-2-4-18(20)15-24-10-12-26-13-11-24/h2-9,14H,10-13,15H2,1H3,(H,23,25)/b16-14-. The van der Waals surface area contributed by atoms with Gasteiger partial charge in [-0.05, 0) is 41.8 Å². The molecule has 0 spiro atoms. The molecule has 1 aliphatic rings. The topological polar surface area (TPSA) is 32.3 Å². The molecule has 26 heavy (non-hydrogen) atoms. The quantitative estimate of drug-likeness (QED) is 0.791. The number of hydrogen-bond donors (Lipinski definition) is 1. The zero-order chi connectivity index (χ0) is 18.4. The van der Waals surface area contributed by atoms with Crippen molar-refractivity contribution in [1.29, 1.82) is 0 Å². The first kappa shape index (κ1) is 18.7. The summed E-state index contributed by atoms with van der Waals surface area (Å²) in [6.45, 7) is 4.86. The lowest BCUT2D eigenvalue weighted by Gasteiger charge is -2.27. The largest absolute Gasteiger partial charge is 0.322 e. The van der Waals surface area contributed by atoms with Crippen molar-refractivity contribution in [2.24, 2.45) is 0 Å². The Kier molecular flexibility index (Phi) is 6.47. The zero-order valence-corrected chi connectivity index (χ0v) is 15.7. The van der Waals surface area contributed by atoms with Crippen molar-refractivity contribution in [3.05, 3.63) is 71.6 Å². The van der Waals surface area contributed by atoms with Gasteiger partial charge < -0.3 is 5.32 Å². The van der Waals surface area contributed by atoms with Gasteiger partial charge in [0.05, 0.1) is 0 Å². The molecule has 0 bridgehead atoms. The molecule has 0 radical (unpaired) electrons. The van der Waals surface area contributed by atoms with Crippen LogP contribution in [-0.4, -0.2) is 35.4 Å². The maximum Gasteiger partial charge on any atom is 0.248 e. The summed E-state index contributed by atoms with van der Waals surface area (Å²) in [5.74, 6) is 1.87. The van der Waals surface area contributed by atoms with Crippen molar-refractivity contribution in [2.45, 2.75) is 13.5 Å². The number of para-hydroxylation sites is 1. The van der Waals surface area contributed by atoms with Gasteiger partial charge in [0, 0.05) is 42.9 Å². The monoisotopic (exact) mass is 370 g/mol. The normalized spacial score (nSPS) is 15.7. The highest BCUT2D eigenvalue weighted by Crippen LogP contribution is 2.20. The van der Waals surface area contributed by atoms with E-state index < -0.39 is 0 Å². The van der Waals surface area contributed by atoms with Gasteiger partial charge in [0.25, 0.3) is 0 Å². The molecule has 1 heterocycles. The van der Waals surface area contributed by atoms with Crippen LogP contribution in [0.4, 0.5) is 10.1 Å². The third kappa shape index (κ3) is 5.19. The maximum atomic E-state index is 13.0. The molecule has 0 aliphatic carbocycles. The fraction of sp³-hybridized carbons (Fsp3) is 0.286. The molecule has 136 valence electrons. The van der Waals surface area contributed by atoms with Gasteiger partial charge >= 0.3 is 0 Å². The van der Waals surface area contributed by atoms with Crippen molar-refractivity contribution in [2.75, 3.05) is 29.9 Å². The number of carbonyl (C=O) groups excluding carboxylic acids is 1. The lowest BCUT2D eigenvalue weighted by molar-refractivity contribution is -0.111. The maximum absolute atomic E-state index is 13.0. The third-order valence-corrected chi connectivity index (χ3v) is 5.36. The van der Waals surface area contributed by atoms with Gasteiger partial charge in [0.2, 0.25) is 5.91 Å². The van der Waals surface area contributed by atoms with E-state index in [-0.39, 0.29) is 11.7 Å². The Morgan fingerprint density at radius 1 is 1.15 bits per heavy atom. The smallest absolute Gasteiger partial charge is 0.248 e. The summed E-state index contributed by atoms with van der Waals surface area (Å²) in [7, 11) is 0. The van der Waals surface area contributed by atoms with Crippen molar-refractivity contribution in [1.82, 2.24) is 4.90 Å². The summed E-state index contributed by atoms with van der Waals surface area (Å²) in [6, 6.07) is 14.1. The van der Waals surface area contributed by atoms with E-state index in [0.717, 1.165) is 53.5 Å². The number of allylic oxidation sites excluding steroid dienone is 1. The van der Waals surface area contributed by atoms with Crippen LogP contribution in [0.2, 0.25) is 0 Å². The van der Waals surface area contributed by atoms with Gasteiger partial charge in [-0.2, -0.15) is 11.8 Å². The van der Waals surface area contributed by atoms with Crippen molar-refractivity contribution in [3.63, 3.8) is 0 Å². The summed E-state index contributed by atoms with van der Waals surface area (Å²) < 4.78 is 13.0. The average molecular weight is 370 g/mol. The van der Waals surface area contributed by atoms with E-state index in [1.165, 1.54) is 12.1 Å². The van der Waals surface area contributed by atoms with Crippen LogP contribution in [0.25, 0.3) is 5.57 Å². The fourth-order valence-electron chi connectivity index (χ4n) is 2.94. The number of nitrogens with one attached hydrogen (secondary N) is 1. The highest BCUT2D eigenvalue weighted by Gasteiger charge is 2.13. The number of carbonyl (C=O) groups is 1. The van der Waals surface area contributed by atoms with E-state index in [1.54, 1.807) is 18.2 Å². The van der Waals surface area contributed by atoms with E-state index in [2.05, 4.69) is 16.3 Å². The van der Waals surface area contributed by atoms with Gasteiger partial charge in [0.15, 0.2) is 0 Å². The van der Waals surface area contributed by atoms with Crippen LogP contribution in [0.1, 0.15) is 18.1 Å². The van der Waals surface area contributed by atoms with Crippen LogP contribution < -0.4 is 5.32 Å². The first-order valence-electron chi connectivity index (χ1n) is 8.75.